The molecule has 55 heavy (non-hydrogen) atoms. The minimum atomic E-state index is -1.05. The van der Waals surface area contributed by atoms with Crippen LogP contribution in [0.2, 0.25) is 5.02 Å². The van der Waals surface area contributed by atoms with Crippen LogP contribution in [0.15, 0.2) is 54.9 Å². The standard InChI is InChI=1S/C42H50ClN7O5/c1-4-54-35-25-32(13-10-28(35)12-15-36(51)55-23-22-50-20-18-48(2)19-21-50)46-41(53)42(16-7-17-42)47-40(52)30-11-14-33-34(24-30)49(3)38(37(33)29-8-5-6-9-29)39-44-26-31(43)27-45-39/h10-15,24-27,29H,4-9,16-23H2,1-3H3,(H,46,53)(H,47,52)/b15-12+. The number of piperazine rings is 1. The van der Waals surface area contributed by atoms with Crippen molar-refractivity contribution in [2.45, 2.75) is 63.3 Å². The number of amides is 2. The van der Waals surface area contributed by atoms with Crippen molar-refractivity contribution in [2.24, 2.45) is 7.05 Å². The Bertz CT molecular complexity index is 2060. The molecule has 0 bridgehead atoms. The van der Waals surface area contributed by atoms with Crippen LogP contribution in [-0.2, 0) is 21.4 Å². The number of rotatable bonds is 13. The zero-order valence-corrected chi connectivity index (χ0v) is 32.7. The molecule has 3 heterocycles. The van der Waals surface area contributed by atoms with Gasteiger partial charge in [0, 0.05) is 92.0 Å². The molecule has 7 rings (SSSR count). The van der Waals surface area contributed by atoms with E-state index < -0.39 is 11.5 Å². The van der Waals surface area contributed by atoms with Crippen LogP contribution in [0.5, 0.6) is 5.75 Å². The fourth-order valence-corrected chi connectivity index (χ4v) is 8.10. The largest absolute Gasteiger partial charge is 0.493 e. The number of benzene rings is 2. The highest BCUT2D eigenvalue weighted by atomic mass is 35.5. The first-order valence-electron chi connectivity index (χ1n) is 19.4. The van der Waals surface area contributed by atoms with E-state index in [2.05, 4.69) is 42.0 Å². The third kappa shape index (κ3) is 8.56. The maximum Gasteiger partial charge on any atom is 0.330 e. The quantitative estimate of drug-likeness (QED) is 0.117. The van der Waals surface area contributed by atoms with Gasteiger partial charge in [-0.25, -0.2) is 14.8 Å². The Labute approximate surface area is 327 Å². The van der Waals surface area contributed by atoms with Gasteiger partial charge in [-0.3, -0.25) is 14.5 Å². The van der Waals surface area contributed by atoms with Gasteiger partial charge in [-0.2, -0.15) is 0 Å². The average Bonchev–Trinajstić information content (AvgIpc) is 3.80. The highest BCUT2D eigenvalue weighted by Crippen LogP contribution is 2.44. The number of nitrogens with zero attached hydrogens (tertiary/aromatic N) is 5. The first-order chi connectivity index (χ1) is 26.6. The summed E-state index contributed by atoms with van der Waals surface area (Å²) in [5.41, 5.74) is 3.70. The maximum absolute atomic E-state index is 13.9. The summed E-state index contributed by atoms with van der Waals surface area (Å²) in [6, 6.07) is 11.1. The monoisotopic (exact) mass is 767 g/mol. The third-order valence-corrected chi connectivity index (χ3v) is 11.5. The molecular weight excluding hydrogens is 718 g/mol. The molecule has 3 fully saturated rings. The van der Waals surface area contributed by atoms with Gasteiger partial charge in [0.25, 0.3) is 5.91 Å². The van der Waals surface area contributed by atoms with E-state index in [9.17, 15) is 14.4 Å². The number of anilines is 1. The Hall–Kier alpha value is -4.78. The Morgan fingerprint density at radius 1 is 0.982 bits per heavy atom. The van der Waals surface area contributed by atoms with E-state index in [-0.39, 0.29) is 11.8 Å². The number of fused-ring (bicyclic) bond motifs is 1. The van der Waals surface area contributed by atoms with Crippen LogP contribution in [0.4, 0.5) is 5.69 Å². The van der Waals surface area contributed by atoms with Crippen molar-refractivity contribution in [3.63, 3.8) is 0 Å². The third-order valence-electron chi connectivity index (χ3n) is 11.3. The van der Waals surface area contributed by atoms with Crippen molar-refractivity contribution < 1.29 is 23.9 Å². The number of esters is 1. The zero-order chi connectivity index (χ0) is 38.5. The SMILES string of the molecule is CCOc1cc(NC(=O)C2(NC(=O)c3ccc4c(C5CCCC5)c(-c5ncc(Cl)cn5)n(C)c4c3)CCC2)ccc1/C=C/C(=O)OCCN1CCN(C)CC1. The summed E-state index contributed by atoms with van der Waals surface area (Å²) in [5.74, 6) is 0.486. The summed E-state index contributed by atoms with van der Waals surface area (Å²) in [4.78, 5) is 53.9. The summed E-state index contributed by atoms with van der Waals surface area (Å²) in [6.45, 7) is 7.26. The first kappa shape index (κ1) is 38.5. The highest BCUT2D eigenvalue weighted by molar-refractivity contribution is 6.30. The van der Waals surface area contributed by atoms with E-state index >= 15 is 0 Å². The van der Waals surface area contributed by atoms with Crippen molar-refractivity contribution in [3.05, 3.63) is 76.6 Å². The molecule has 0 radical (unpaired) electrons. The molecule has 2 N–H and O–H groups in total. The number of halogens is 1. The van der Waals surface area contributed by atoms with Crippen LogP contribution in [0.1, 0.15) is 79.3 Å². The molecule has 2 saturated carbocycles. The molecule has 1 saturated heterocycles. The van der Waals surface area contributed by atoms with E-state index in [1.807, 2.05) is 32.2 Å². The lowest BCUT2D eigenvalue weighted by molar-refractivity contribution is -0.138. The van der Waals surface area contributed by atoms with Crippen LogP contribution in [0.3, 0.4) is 0 Å². The van der Waals surface area contributed by atoms with Gasteiger partial charge in [0.05, 0.1) is 17.3 Å². The molecule has 2 aliphatic carbocycles. The van der Waals surface area contributed by atoms with Crippen molar-refractivity contribution in [1.29, 1.82) is 0 Å². The number of aryl methyl sites for hydroxylation is 1. The van der Waals surface area contributed by atoms with Crippen LogP contribution < -0.4 is 15.4 Å². The molecule has 4 aromatic rings. The molecule has 0 unspecified atom stereocenters. The van der Waals surface area contributed by atoms with Gasteiger partial charge in [-0.15, -0.1) is 0 Å². The van der Waals surface area contributed by atoms with Crippen molar-refractivity contribution >= 4 is 52.1 Å². The molecule has 13 heteroatoms. The Morgan fingerprint density at radius 3 is 2.42 bits per heavy atom. The summed E-state index contributed by atoms with van der Waals surface area (Å²) in [5, 5.41) is 7.66. The predicted octanol–water partition coefficient (Wildman–Crippen LogP) is 6.44. The maximum atomic E-state index is 13.9. The van der Waals surface area contributed by atoms with E-state index in [1.54, 1.807) is 36.7 Å². The minimum absolute atomic E-state index is 0.285. The lowest BCUT2D eigenvalue weighted by atomic mass is 9.75. The van der Waals surface area contributed by atoms with Crippen LogP contribution >= 0.6 is 11.6 Å². The van der Waals surface area contributed by atoms with E-state index in [4.69, 9.17) is 21.1 Å². The lowest BCUT2D eigenvalue weighted by Crippen LogP contribution is -2.61. The summed E-state index contributed by atoms with van der Waals surface area (Å²) in [7, 11) is 4.09. The molecule has 3 aliphatic rings. The van der Waals surface area contributed by atoms with E-state index in [1.165, 1.54) is 24.5 Å². The molecular formula is C42H50ClN7O5. The first-order valence-corrected chi connectivity index (χ1v) is 19.8. The highest BCUT2D eigenvalue weighted by Gasteiger charge is 2.45. The van der Waals surface area contributed by atoms with E-state index in [0.29, 0.717) is 71.9 Å². The fraction of sp³-hybridized carbons (Fsp3) is 0.452. The van der Waals surface area contributed by atoms with Gasteiger partial charge in [0.1, 0.15) is 17.9 Å². The molecule has 2 amide bonds. The van der Waals surface area contributed by atoms with Crippen LogP contribution in [0.25, 0.3) is 28.5 Å². The molecule has 290 valence electrons. The van der Waals surface area contributed by atoms with Gasteiger partial charge < -0.3 is 29.6 Å². The zero-order valence-electron chi connectivity index (χ0n) is 31.9. The molecule has 0 atom stereocenters. The Morgan fingerprint density at radius 2 is 1.73 bits per heavy atom. The Kier molecular flexibility index (Phi) is 11.8. The topological polar surface area (TPSA) is 131 Å². The lowest BCUT2D eigenvalue weighted by Gasteiger charge is -2.40. The number of carbonyl (C=O) groups is 3. The second-order valence-corrected chi connectivity index (χ2v) is 15.4. The van der Waals surface area contributed by atoms with Gasteiger partial charge in [0.15, 0.2) is 5.82 Å². The number of hydrogen-bond acceptors (Lipinski definition) is 9. The average molecular weight is 768 g/mol. The van der Waals surface area contributed by atoms with Crippen molar-refractivity contribution in [1.82, 2.24) is 29.7 Å². The van der Waals surface area contributed by atoms with E-state index in [0.717, 1.165) is 62.0 Å². The minimum Gasteiger partial charge on any atom is -0.493 e. The summed E-state index contributed by atoms with van der Waals surface area (Å²) in [6.07, 6.45) is 12.7. The van der Waals surface area contributed by atoms with Gasteiger partial charge in [-0.05, 0) is 87.9 Å². The number of aromatic nitrogens is 3. The molecule has 2 aromatic heterocycles. The Balaban J connectivity index is 1.03. The molecule has 1 aliphatic heterocycles. The predicted molar refractivity (Wildman–Crippen MR) is 214 cm³/mol. The number of likely N-dealkylation sites (N-methyl/N-ethyl adjacent to an activating group) is 1. The van der Waals surface area contributed by atoms with Gasteiger partial charge in [0.2, 0.25) is 5.91 Å². The van der Waals surface area contributed by atoms with Gasteiger partial charge in [-0.1, -0.05) is 30.5 Å². The number of carbonyl (C=O) groups excluding carboxylic acids is 3. The number of nitrogens with one attached hydrogen (secondary N) is 2. The van der Waals surface area contributed by atoms with Crippen molar-refractivity contribution in [3.8, 4) is 17.3 Å². The van der Waals surface area contributed by atoms with Crippen LogP contribution in [-0.4, -0.2) is 101 Å². The molecule has 12 nitrogen and oxygen atoms in total. The number of hydrogen-bond donors (Lipinski definition) is 2. The second kappa shape index (κ2) is 16.9. The normalized spacial score (nSPS) is 17.7. The summed E-state index contributed by atoms with van der Waals surface area (Å²) < 4.78 is 13.4. The molecule has 0 spiro atoms. The molecule has 2 aromatic carbocycles. The fourth-order valence-electron chi connectivity index (χ4n) is 8.00. The summed E-state index contributed by atoms with van der Waals surface area (Å²) >= 11 is 6.13. The van der Waals surface area contributed by atoms with Crippen LogP contribution in [0, 0.1) is 0 Å². The smallest absolute Gasteiger partial charge is 0.330 e. The van der Waals surface area contributed by atoms with Gasteiger partial charge >= 0.3 is 5.97 Å². The second-order valence-electron chi connectivity index (χ2n) is 14.9. The van der Waals surface area contributed by atoms with Crippen molar-refractivity contribution in [2.75, 3.05) is 58.3 Å². The number of ether oxygens (including phenoxy) is 2.